The smallest absolute Gasteiger partial charge is 0.111 e. The van der Waals surface area contributed by atoms with Gasteiger partial charge in [-0.25, -0.2) is 0 Å². The van der Waals surface area contributed by atoms with E-state index >= 15 is 0 Å². The first-order valence-corrected chi connectivity index (χ1v) is 15.5. The quantitative estimate of drug-likeness (QED) is 0.0202. The van der Waals surface area contributed by atoms with Gasteiger partial charge in [0.05, 0.1) is 112 Å². The first kappa shape index (κ1) is 48.3. The van der Waals surface area contributed by atoms with Gasteiger partial charge in [-0.2, -0.15) is 0 Å². The molecule has 0 atom stereocenters. The van der Waals surface area contributed by atoms with Crippen LogP contribution in [0.2, 0.25) is 0 Å². The van der Waals surface area contributed by atoms with E-state index in [1.807, 2.05) is 0 Å². The molecule has 7 N–H and O–H groups in total. The number of ether oxygens (including phenoxy) is 6. The molecule has 0 spiro atoms. The summed E-state index contributed by atoms with van der Waals surface area (Å²) in [4.78, 5) is 1.79. The minimum Gasteiger partial charge on any atom is -0.850 e. The van der Waals surface area contributed by atoms with Crippen LogP contribution in [-0.2, 0) is 28.4 Å². The van der Waals surface area contributed by atoms with E-state index < -0.39 is 0 Å². The monoisotopic (exact) mass is 664 g/mol. The van der Waals surface area contributed by atoms with Crippen LogP contribution in [0.1, 0.15) is 6.42 Å². The van der Waals surface area contributed by atoms with Crippen molar-refractivity contribution >= 4 is 0 Å². The average molecular weight is 665 g/mol. The third kappa shape index (κ3) is 39.0. The Balaban J connectivity index is -0.000000668. The zero-order valence-electron chi connectivity index (χ0n) is 27.3. The predicted molar refractivity (Wildman–Crippen MR) is 165 cm³/mol. The van der Waals surface area contributed by atoms with Crippen molar-refractivity contribution < 1.29 is 73.8 Å². The molecule has 0 saturated heterocycles. The van der Waals surface area contributed by atoms with Gasteiger partial charge >= 0.3 is 0 Å². The molecule has 0 aliphatic heterocycles. The molecule has 0 aliphatic carbocycles. The van der Waals surface area contributed by atoms with Gasteiger partial charge in [-0.1, -0.05) is 13.2 Å². The Labute approximate surface area is 269 Å². The van der Waals surface area contributed by atoms with Crippen LogP contribution in [0.25, 0.3) is 0 Å². The van der Waals surface area contributed by atoms with Crippen molar-refractivity contribution in [2.45, 2.75) is 6.42 Å². The summed E-state index contributed by atoms with van der Waals surface area (Å²) >= 11 is 0. The van der Waals surface area contributed by atoms with Crippen LogP contribution in [0.4, 0.5) is 0 Å². The summed E-state index contributed by atoms with van der Waals surface area (Å²) in [6.45, 7) is 12.3. The Hall–Kier alpha value is -1.06. The van der Waals surface area contributed by atoms with Crippen molar-refractivity contribution in [1.82, 2.24) is 4.90 Å². The summed E-state index contributed by atoms with van der Waals surface area (Å²) in [5, 5.41) is 71.6. The largest absolute Gasteiger partial charge is 0.850 e. The minimum absolute atomic E-state index is 0.00775. The fraction of sp³-hybridized carbons (Fsp3) is 0.931. The molecule has 0 rings (SSSR count). The fourth-order valence-corrected chi connectivity index (χ4v) is 3.64. The topological polar surface area (TPSA) is 223 Å². The minimum atomic E-state index is -0.230. The number of quaternary nitrogens is 1. The lowest BCUT2D eigenvalue weighted by molar-refractivity contribution is -0.933. The second-order valence-corrected chi connectivity index (χ2v) is 9.30. The third-order valence-electron chi connectivity index (χ3n) is 5.93. The molecule has 45 heavy (non-hydrogen) atoms. The highest BCUT2D eigenvalue weighted by molar-refractivity contribution is 4.54. The van der Waals surface area contributed by atoms with Gasteiger partial charge in [0, 0.05) is 32.8 Å². The second kappa shape index (κ2) is 42.9. The molecular formula is C29H64N2O14. The zero-order valence-corrected chi connectivity index (χ0v) is 27.3. The van der Waals surface area contributed by atoms with Gasteiger partial charge in [0.2, 0.25) is 0 Å². The summed E-state index contributed by atoms with van der Waals surface area (Å²) in [6.07, 6.45) is 2.15. The van der Waals surface area contributed by atoms with Crippen molar-refractivity contribution in [3.8, 4) is 0 Å². The maximum absolute atomic E-state index is 10.9. The molecule has 0 aliphatic rings. The molecule has 0 unspecified atom stereocenters. The van der Waals surface area contributed by atoms with E-state index in [0.717, 1.165) is 6.42 Å². The lowest BCUT2D eigenvalue weighted by Crippen LogP contribution is -2.56. The molecule has 0 radical (unpaired) electrons. The standard InChI is InChI=1S/C15H33NO7.C8H16O4.C6H15NO3/c17-6-2-16(3-7-18,4-8-19)5-12-21-10-1-11-22-14-15-23-13-9-20;1-2-10-5-6-12-8-7-11-4-3-9;8-4-1-7(2-5-9)3-6-10/h17-18,20H,1-15H2;2,9H,1,3-8H2;8-10H,1-6H2. The predicted octanol–water partition coefficient (Wildman–Crippen LogP) is -3.98. The van der Waals surface area contributed by atoms with Crippen LogP contribution in [0.15, 0.2) is 12.8 Å². The lowest BCUT2D eigenvalue weighted by Gasteiger charge is -2.39. The molecule has 16 nitrogen and oxygen atoms in total. The Bertz CT molecular complexity index is 510. The van der Waals surface area contributed by atoms with E-state index in [1.54, 1.807) is 4.90 Å². The molecule has 0 bridgehead atoms. The SMILES string of the molecule is C=COCCOCCOCCO.OCCN(CCO)CCO.[O-]CC[N+](CCO)(CCO)CCOCCCOCCOCCO. The summed E-state index contributed by atoms with van der Waals surface area (Å²) in [6, 6.07) is 0. The zero-order chi connectivity index (χ0) is 34.1. The van der Waals surface area contributed by atoms with E-state index in [2.05, 4.69) is 6.58 Å². The Morgan fingerprint density at radius 2 is 0.911 bits per heavy atom. The Morgan fingerprint density at radius 3 is 1.31 bits per heavy atom. The van der Waals surface area contributed by atoms with E-state index in [1.165, 1.54) is 6.26 Å². The van der Waals surface area contributed by atoms with Gasteiger partial charge in [0.25, 0.3) is 0 Å². The number of rotatable bonds is 33. The van der Waals surface area contributed by atoms with E-state index in [9.17, 15) is 5.11 Å². The van der Waals surface area contributed by atoms with Crippen molar-refractivity contribution in [1.29, 1.82) is 0 Å². The second-order valence-electron chi connectivity index (χ2n) is 9.30. The van der Waals surface area contributed by atoms with Gasteiger partial charge in [-0.3, -0.25) is 4.90 Å². The molecule has 0 fully saturated rings. The van der Waals surface area contributed by atoms with Crippen LogP contribution >= 0.6 is 0 Å². The van der Waals surface area contributed by atoms with E-state index in [4.69, 9.17) is 64.2 Å². The highest BCUT2D eigenvalue weighted by Crippen LogP contribution is 2.05. The van der Waals surface area contributed by atoms with Crippen molar-refractivity contribution in [2.75, 3.05) is 171 Å². The van der Waals surface area contributed by atoms with Crippen LogP contribution < -0.4 is 5.11 Å². The molecule has 0 aromatic carbocycles. The van der Waals surface area contributed by atoms with Crippen LogP contribution in [-0.4, -0.2) is 216 Å². The molecule has 0 amide bonds. The lowest BCUT2D eigenvalue weighted by atomic mass is 10.3. The van der Waals surface area contributed by atoms with Crippen LogP contribution in [0.3, 0.4) is 0 Å². The van der Waals surface area contributed by atoms with Gasteiger partial charge in [-0.05, 0) is 6.42 Å². The van der Waals surface area contributed by atoms with Crippen LogP contribution in [0.5, 0.6) is 0 Å². The molecule has 0 aromatic rings. The van der Waals surface area contributed by atoms with Crippen molar-refractivity contribution in [2.24, 2.45) is 0 Å². The van der Waals surface area contributed by atoms with Crippen molar-refractivity contribution in [3.63, 3.8) is 0 Å². The molecule has 0 saturated carbocycles. The average Bonchev–Trinajstić information content (AvgIpc) is 3.03. The van der Waals surface area contributed by atoms with Gasteiger partial charge in [0.1, 0.15) is 26.2 Å². The van der Waals surface area contributed by atoms with Gasteiger partial charge in [-0.15, -0.1) is 0 Å². The Kier molecular flexibility index (Phi) is 46.1. The summed E-state index contributed by atoms with van der Waals surface area (Å²) in [5.41, 5.74) is 0. The number of nitrogens with zero attached hydrogens (tertiary/aromatic N) is 2. The highest BCUT2D eigenvalue weighted by Gasteiger charge is 2.24. The maximum Gasteiger partial charge on any atom is 0.111 e. The van der Waals surface area contributed by atoms with Gasteiger partial charge < -0.3 is 73.8 Å². The molecule has 16 heteroatoms. The number of aliphatic hydroxyl groups is 7. The van der Waals surface area contributed by atoms with Crippen molar-refractivity contribution in [3.05, 3.63) is 12.8 Å². The van der Waals surface area contributed by atoms with Crippen LogP contribution in [0, 0.1) is 0 Å². The summed E-state index contributed by atoms with van der Waals surface area (Å²) < 4.78 is 31.2. The number of hydrogen-bond acceptors (Lipinski definition) is 15. The number of hydrogen-bond donors (Lipinski definition) is 7. The maximum atomic E-state index is 10.9. The summed E-state index contributed by atoms with van der Waals surface area (Å²) in [7, 11) is 0. The molecule has 274 valence electrons. The normalized spacial score (nSPS) is 11.1. The molecular weight excluding hydrogens is 600 g/mol. The third-order valence-corrected chi connectivity index (χ3v) is 5.93. The Morgan fingerprint density at radius 1 is 0.489 bits per heavy atom. The molecule has 0 aromatic heterocycles. The first-order valence-electron chi connectivity index (χ1n) is 15.5. The first-order chi connectivity index (χ1) is 22.0. The molecule has 0 heterocycles. The highest BCUT2D eigenvalue weighted by atomic mass is 16.5. The van der Waals surface area contributed by atoms with E-state index in [-0.39, 0.29) is 52.9 Å². The van der Waals surface area contributed by atoms with Gasteiger partial charge in [0.15, 0.2) is 0 Å². The number of aliphatic hydroxyl groups excluding tert-OH is 7. The van der Waals surface area contributed by atoms with E-state index in [0.29, 0.717) is 123 Å². The fourth-order valence-electron chi connectivity index (χ4n) is 3.64. The summed E-state index contributed by atoms with van der Waals surface area (Å²) in [5.74, 6) is 0.